The zero-order valence-corrected chi connectivity index (χ0v) is 15.5. The summed E-state index contributed by atoms with van der Waals surface area (Å²) in [5.74, 6) is 1.20. The first-order valence-electron chi connectivity index (χ1n) is 6.94. The van der Waals surface area contributed by atoms with E-state index in [1.54, 1.807) is 24.3 Å². The largest absolute Gasteiger partial charge is 2.00 e. The van der Waals surface area contributed by atoms with Gasteiger partial charge in [0.25, 0.3) is 0 Å². The summed E-state index contributed by atoms with van der Waals surface area (Å²) in [6, 6.07) is 14.0. The van der Waals surface area contributed by atoms with Crippen LogP contribution in [-0.2, 0) is 0 Å². The molecule has 2 aromatic carbocycles. The quantitative estimate of drug-likeness (QED) is 0.798. The second-order valence-corrected chi connectivity index (χ2v) is 5.45. The molecule has 0 heterocycles. The molecule has 0 amide bonds. The van der Waals surface area contributed by atoms with Gasteiger partial charge in [-0.25, -0.2) is 0 Å². The fourth-order valence-electron chi connectivity index (χ4n) is 1.71. The monoisotopic (exact) mass is 310 g/mol. The van der Waals surface area contributed by atoms with Gasteiger partial charge in [-0.05, 0) is 23.0 Å². The molecule has 0 atom stereocenters. The Bertz CT molecular complexity index is 452. The van der Waals surface area contributed by atoms with Crippen LogP contribution in [0.25, 0.3) is 0 Å². The molecule has 0 saturated heterocycles. The molecular formula is C18H22CaO2. The number of hydrogen-bond acceptors (Lipinski definition) is 2. The molecule has 2 rings (SSSR count). The average molecular weight is 310 g/mol. The van der Waals surface area contributed by atoms with Crippen molar-refractivity contribution in [2.24, 2.45) is 0 Å². The third kappa shape index (κ3) is 7.75. The third-order valence-corrected chi connectivity index (χ3v) is 3.09. The Morgan fingerprint density at radius 1 is 0.571 bits per heavy atom. The third-order valence-electron chi connectivity index (χ3n) is 3.09. The van der Waals surface area contributed by atoms with E-state index in [1.165, 1.54) is 11.1 Å². The van der Waals surface area contributed by atoms with Crippen LogP contribution in [0.15, 0.2) is 48.5 Å². The maximum Gasteiger partial charge on any atom is 2.00 e. The number of hydrogen-bond donors (Lipinski definition) is 0. The van der Waals surface area contributed by atoms with E-state index >= 15 is 0 Å². The van der Waals surface area contributed by atoms with Crippen molar-refractivity contribution < 1.29 is 10.2 Å². The fraction of sp³-hybridized carbons (Fsp3) is 0.333. The van der Waals surface area contributed by atoms with Gasteiger partial charge in [-0.3, -0.25) is 0 Å². The summed E-state index contributed by atoms with van der Waals surface area (Å²) in [4.78, 5) is 0. The second kappa shape index (κ2) is 10.1. The van der Waals surface area contributed by atoms with Crippen LogP contribution in [0.3, 0.4) is 0 Å². The van der Waals surface area contributed by atoms with E-state index in [0.717, 1.165) is 0 Å². The minimum Gasteiger partial charge on any atom is -0.872 e. The maximum absolute atomic E-state index is 10.6. The Balaban J connectivity index is 0.000000364. The molecular weight excluding hydrogens is 288 g/mol. The second-order valence-electron chi connectivity index (χ2n) is 5.45. The van der Waals surface area contributed by atoms with Gasteiger partial charge >= 0.3 is 37.7 Å². The van der Waals surface area contributed by atoms with Gasteiger partial charge in [-0.1, -0.05) is 76.2 Å². The van der Waals surface area contributed by atoms with Crippen molar-refractivity contribution in [3.63, 3.8) is 0 Å². The Morgan fingerprint density at radius 2 is 0.810 bits per heavy atom. The summed E-state index contributed by atoms with van der Waals surface area (Å²) in [7, 11) is 0. The standard InChI is InChI=1S/2C9H12O.Ca/c2*1-7(2)8-3-5-9(10)6-4-8;/h2*3-7,10H,1-2H3;/q;;+2/p-2. The van der Waals surface area contributed by atoms with Gasteiger partial charge in [0.2, 0.25) is 0 Å². The molecule has 0 aliphatic carbocycles. The Kier molecular flexibility index (Phi) is 9.76. The molecule has 0 radical (unpaired) electrons. The summed E-state index contributed by atoms with van der Waals surface area (Å²) in [5, 5.41) is 21.3. The van der Waals surface area contributed by atoms with E-state index in [4.69, 9.17) is 0 Å². The molecule has 0 aromatic heterocycles. The van der Waals surface area contributed by atoms with E-state index in [-0.39, 0.29) is 49.2 Å². The molecule has 2 nitrogen and oxygen atoms in total. The molecule has 0 bridgehead atoms. The van der Waals surface area contributed by atoms with E-state index in [1.807, 2.05) is 24.3 Å². The van der Waals surface area contributed by atoms with Crippen LogP contribution >= 0.6 is 0 Å². The van der Waals surface area contributed by atoms with Crippen molar-refractivity contribution in [2.75, 3.05) is 0 Å². The van der Waals surface area contributed by atoms with E-state index in [2.05, 4.69) is 27.7 Å². The molecule has 0 N–H and O–H groups in total. The van der Waals surface area contributed by atoms with Crippen molar-refractivity contribution in [1.29, 1.82) is 0 Å². The number of benzene rings is 2. The molecule has 0 aliphatic heterocycles. The summed E-state index contributed by atoms with van der Waals surface area (Å²) in [5.41, 5.74) is 2.44. The molecule has 0 unspecified atom stereocenters. The summed E-state index contributed by atoms with van der Waals surface area (Å²) in [6.07, 6.45) is 0. The van der Waals surface area contributed by atoms with Crippen LogP contribution in [-0.4, -0.2) is 37.7 Å². The predicted molar refractivity (Wildman–Crippen MR) is 85.7 cm³/mol. The maximum atomic E-state index is 10.6. The SMILES string of the molecule is CC(C)c1ccc([O-])cc1.CC(C)c1ccc([O-])cc1.[Ca+2]. The summed E-state index contributed by atoms with van der Waals surface area (Å²) in [6.45, 7) is 8.44. The molecule has 2 aromatic rings. The predicted octanol–water partition coefficient (Wildman–Crippen LogP) is 3.39. The smallest absolute Gasteiger partial charge is 0.872 e. The summed E-state index contributed by atoms with van der Waals surface area (Å²) < 4.78 is 0. The minimum absolute atomic E-state index is 0. The Labute approximate surface area is 157 Å². The van der Waals surface area contributed by atoms with Crippen molar-refractivity contribution in [1.82, 2.24) is 0 Å². The average Bonchev–Trinajstić information content (AvgIpc) is 2.40. The zero-order chi connectivity index (χ0) is 15.1. The van der Waals surface area contributed by atoms with Crippen molar-refractivity contribution in [3.8, 4) is 11.5 Å². The van der Waals surface area contributed by atoms with Gasteiger partial charge in [0, 0.05) is 0 Å². The molecule has 108 valence electrons. The van der Waals surface area contributed by atoms with Gasteiger partial charge in [-0.15, -0.1) is 11.5 Å². The molecule has 21 heavy (non-hydrogen) atoms. The van der Waals surface area contributed by atoms with Crippen molar-refractivity contribution >= 4 is 37.7 Å². The van der Waals surface area contributed by atoms with E-state index < -0.39 is 0 Å². The van der Waals surface area contributed by atoms with Crippen LogP contribution in [0, 0.1) is 0 Å². The van der Waals surface area contributed by atoms with Crippen molar-refractivity contribution in [3.05, 3.63) is 59.7 Å². The Morgan fingerprint density at radius 3 is 1.00 bits per heavy atom. The van der Waals surface area contributed by atoms with E-state index in [9.17, 15) is 10.2 Å². The molecule has 0 fully saturated rings. The molecule has 0 spiro atoms. The fourth-order valence-corrected chi connectivity index (χ4v) is 1.71. The van der Waals surface area contributed by atoms with Gasteiger partial charge in [0.1, 0.15) is 0 Å². The zero-order valence-electron chi connectivity index (χ0n) is 13.3. The molecule has 3 heteroatoms. The topological polar surface area (TPSA) is 46.1 Å². The Hall–Kier alpha value is -0.700. The van der Waals surface area contributed by atoms with Gasteiger partial charge in [-0.2, -0.15) is 0 Å². The first kappa shape index (κ1) is 20.3. The minimum atomic E-state index is 0. The van der Waals surface area contributed by atoms with Crippen LogP contribution in [0.4, 0.5) is 0 Å². The van der Waals surface area contributed by atoms with Crippen LogP contribution in [0.1, 0.15) is 50.7 Å². The first-order chi connectivity index (χ1) is 9.40. The van der Waals surface area contributed by atoms with Crippen LogP contribution in [0.5, 0.6) is 11.5 Å². The number of rotatable bonds is 2. The van der Waals surface area contributed by atoms with Crippen LogP contribution < -0.4 is 10.2 Å². The molecule has 0 saturated carbocycles. The van der Waals surface area contributed by atoms with Crippen molar-refractivity contribution in [2.45, 2.75) is 39.5 Å². The van der Waals surface area contributed by atoms with Gasteiger partial charge < -0.3 is 10.2 Å². The van der Waals surface area contributed by atoms with E-state index in [0.29, 0.717) is 11.8 Å². The summed E-state index contributed by atoms with van der Waals surface area (Å²) >= 11 is 0. The normalized spacial score (nSPS) is 9.81. The van der Waals surface area contributed by atoms with Gasteiger partial charge in [0.15, 0.2) is 0 Å². The first-order valence-corrected chi connectivity index (χ1v) is 6.94. The van der Waals surface area contributed by atoms with Gasteiger partial charge in [0.05, 0.1) is 0 Å². The van der Waals surface area contributed by atoms with Crippen LogP contribution in [0.2, 0.25) is 0 Å². The molecule has 0 aliphatic rings.